The van der Waals surface area contributed by atoms with Crippen LogP contribution in [0.15, 0.2) is 36.4 Å². The second-order valence-electron chi connectivity index (χ2n) is 5.34. The van der Waals surface area contributed by atoms with Gasteiger partial charge in [-0.2, -0.15) is 0 Å². The van der Waals surface area contributed by atoms with Crippen LogP contribution in [0.2, 0.25) is 0 Å². The Labute approximate surface area is 123 Å². The van der Waals surface area contributed by atoms with Crippen molar-refractivity contribution < 1.29 is 9.90 Å². The van der Waals surface area contributed by atoms with Crippen molar-refractivity contribution in [3.05, 3.63) is 53.1 Å². The summed E-state index contributed by atoms with van der Waals surface area (Å²) in [5.41, 5.74) is 4.17. The van der Waals surface area contributed by atoms with E-state index in [4.69, 9.17) is 0 Å². The van der Waals surface area contributed by atoms with Gasteiger partial charge in [-0.25, -0.2) is 0 Å². The Morgan fingerprint density at radius 1 is 1.29 bits per heavy atom. The number of phenolic OH excluding ortho intramolecular Hbond substituents is 1. The lowest BCUT2D eigenvalue weighted by atomic mass is 10.0. The maximum absolute atomic E-state index is 12.3. The third kappa shape index (κ3) is 2.70. The summed E-state index contributed by atoms with van der Waals surface area (Å²) in [6, 6.07) is 10.9. The largest absolute Gasteiger partial charge is 0.507 e. The van der Waals surface area contributed by atoms with Crippen LogP contribution in [0.25, 0.3) is 0 Å². The van der Waals surface area contributed by atoms with Crippen molar-refractivity contribution in [2.45, 2.75) is 19.8 Å². The van der Waals surface area contributed by atoms with Gasteiger partial charge in [0.05, 0.1) is 16.9 Å². The van der Waals surface area contributed by atoms with E-state index in [2.05, 4.69) is 16.7 Å². The molecule has 0 saturated carbocycles. The number of aromatic hydroxyl groups is 1. The topological polar surface area (TPSA) is 61.4 Å². The normalized spacial score (nSPS) is 13.2. The molecule has 21 heavy (non-hydrogen) atoms. The Balaban J connectivity index is 1.88. The number of phenols is 1. The average Bonchev–Trinajstić information content (AvgIpc) is 2.47. The fourth-order valence-corrected chi connectivity index (χ4v) is 2.64. The average molecular weight is 282 g/mol. The van der Waals surface area contributed by atoms with E-state index in [-0.39, 0.29) is 17.2 Å². The summed E-state index contributed by atoms with van der Waals surface area (Å²) in [5.74, 6) is -0.293. The van der Waals surface area contributed by atoms with Crippen LogP contribution in [0, 0.1) is 6.92 Å². The molecule has 3 N–H and O–H groups in total. The Kier molecular flexibility index (Phi) is 3.52. The van der Waals surface area contributed by atoms with Gasteiger partial charge in [-0.15, -0.1) is 0 Å². The van der Waals surface area contributed by atoms with Crippen molar-refractivity contribution in [3.8, 4) is 5.75 Å². The molecule has 1 heterocycles. The first-order valence-electron chi connectivity index (χ1n) is 7.12. The quantitative estimate of drug-likeness (QED) is 0.792. The van der Waals surface area contributed by atoms with Crippen LogP contribution in [0.3, 0.4) is 0 Å². The number of benzene rings is 2. The molecule has 3 rings (SSSR count). The highest BCUT2D eigenvalue weighted by Gasteiger charge is 2.16. The van der Waals surface area contributed by atoms with Gasteiger partial charge < -0.3 is 15.7 Å². The Hall–Kier alpha value is -2.49. The molecule has 0 bridgehead atoms. The van der Waals surface area contributed by atoms with E-state index in [9.17, 15) is 9.90 Å². The lowest BCUT2D eigenvalue weighted by Crippen LogP contribution is -2.17. The number of rotatable bonds is 2. The number of fused-ring (bicyclic) bond motifs is 1. The standard InChI is InChI=1S/C17H18N2O2/c1-11-7-8-13(15(20)10-11)17(21)19-14-6-2-4-12-5-3-9-18-16(12)14/h2,4,6-8,10,18,20H,3,5,9H2,1H3,(H,19,21). The predicted octanol–water partition coefficient (Wildman–Crippen LogP) is 3.31. The van der Waals surface area contributed by atoms with E-state index in [0.717, 1.165) is 36.3 Å². The molecule has 0 spiro atoms. The van der Waals surface area contributed by atoms with E-state index in [1.165, 1.54) is 5.56 Å². The summed E-state index contributed by atoms with van der Waals surface area (Å²) in [6.07, 6.45) is 2.12. The van der Waals surface area contributed by atoms with E-state index < -0.39 is 0 Å². The molecular weight excluding hydrogens is 264 g/mol. The van der Waals surface area contributed by atoms with Crippen molar-refractivity contribution in [3.63, 3.8) is 0 Å². The second kappa shape index (κ2) is 5.48. The van der Waals surface area contributed by atoms with Crippen molar-refractivity contribution in [1.29, 1.82) is 0 Å². The zero-order valence-corrected chi connectivity index (χ0v) is 11.9. The smallest absolute Gasteiger partial charge is 0.259 e. The van der Waals surface area contributed by atoms with E-state index in [1.807, 2.05) is 25.1 Å². The van der Waals surface area contributed by atoms with E-state index in [1.54, 1.807) is 12.1 Å². The van der Waals surface area contributed by atoms with Crippen LogP contribution in [-0.4, -0.2) is 17.6 Å². The molecule has 0 fully saturated rings. The fraction of sp³-hybridized carbons (Fsp3) is 0.235. The minimum Gasteiger partial charge on any atom is -0.507 e. The van der Waals surface area contributed by atoms with Crippen molar-refractivity contribution in [1.82, 2.24) is 0 Å². The van der Waals surface area contributed by atoms with Gasteiger partial charge in [-0.05, 0) is 49.1 Å². The van der Waals surface area contributed by atoms with Gasteiger partial charge in [0.15, 0.2) is 0 Å². The molecule has 1 aliphatic rings. The lowest BCUT2D eigenvalue weighted by molar-refractivity contribution is 0.102. The highest BCUT2D eigenvalue weighted by atomic mass is 16.3. The highest BCUT2D eigenvalue weighted by molar-refractivity contribution is 6.07. The number of hydrogen-bond acceptors (Lipinski definition) is 3. The summed E-state index contributed by atoms with van der Waals surface area (Å²) in [5, 5.41) is 16.1. The molecule has 0 aromatic heterocycles. The van der Waals surface area contributed by atoms with E-state index in [0.29, 0.717) is 0 Å². The second-order valence-corrected chi connectivity index (χ2v) is 5.34. The molecule has 2 aromatic carbocycles. The third-order valence-electron chi connectivity index (χ3n) is 3.72. The molecule has 4 nitrogen and oxygen atoms in total. The van der Waals surface area contributed by atoms with Crippen LogP contribution in [0.4, 0.5) is 11.4 Å². The monoisotopic (exact) mass is 282 g/mol. The number of para-hydroxylation sites is 1. The zero-order valence-electron chi connectivity index (χ0n) is 11.9. The molecule has 1 amide bonds. The SMILES string of the molecule is Cc1ccc(C(=O)Nc2cccc3c2NCCC3)c(O)c1. The summed E-state index contributed by atoms with van der Waals surface area (Å²) < 4.78 is 0. The number of amides is 1. The number of anilines is 2. The van der Waals surface area contributed by atoms with Gasteiger partial charge >= 0.3 is 0 Å². The highest BCUT2D eigenvalue weighted by Crippen LogP contribution is 2.31. The van der Waals surface area contributed by atoms with Crippen LogP contribution in [0.5, 0.6) is 5.75 Å². The maximum atomic E-state index is 12.3. The number of nitrogens with one attached hydrogen (secondary N) is 2. The first-order valence-corrected chi connectivity index (χ1v) is 7.12. The molecule has 0 unspecified atom stereocenters. The van der Waals surface area contributed by atoms with Crippen LogP contribution >= 0.6 is 0 Å². The molecular formula is C17H18N2O2. The number of hydrogen-bond donors (Lipinski definition) is 3. The molecule has 0 aliphatic carbocycles. The number of aryl methyl sites for hydroxylation is 2. The Bertz CT molecular complexity index is 695. The van der Waals surface area contributed by atoms with Gasteiger partial charge in [0.2, 0.25) is 0 Å². The van der Waals surface area contributed by atoms with Crippen LogP contribution in [-0.2, 0) is 6.42 Å². The van der Waals surface area contributed by atoms with Crippen molar-refractivity contribution >= 4 is 17.3 Å². The first kappa shape index (κ1) is 13.5. The number of carbonyl (C=O) groups is 1. The fourth-order valence-electron chi connectivity index (χ4n) is 2.64. The molecule has 108 valence electrons. The zero-order chi connectivity index (χ0) is 14.8. The molecule has 1 aliphatic heterocycles. The minimum absolute atomic E-state index is 0.00487. The number of carbonyl (C=O) groups excluding carboxylic acids is 1. The first-order chi connectivity index (χ1) is 10.1. The molecule has 4 heteroatoms. The van der Waals surface area contributed by atoms with Gasteiger partial charge in [-0.3, -0.25) is 4.79 Å². The summed E-state index contributed by atoms with van der Waals surface area (Å²) in [6.45, 7) is 2.79. The van der Waals surface area contributed by atoms with Crippen LogP contribution in [0.1, 0.15) is 27.9 Å². The molecule has 2 aromatic rings. The lowest BCUT2D eigenvalue weighted by Gasteiger charge is -2.21. The van der Waals surface area contributed by atoms with Gasteiger partial charge in [-0.1, -0.05) is 18.2 Å². The minimum atomic E-state index is -0.298. The van der Waals surface area contributed by atoms with Gasteiger partial charge in [0, 0.05) is 6.54 Å². The van der Waals surface area contributed by atoms with Crippen molar-refractivity contribution in [2.75, 3.05) is 17.2 Å². The van der Waals surface area contributed by atoms with Gasteiger partial charge in [0.25, 0.3) is 5.91 Å². The summed E-state index contributed by atoms with van der Waals surface area (Å²) >= 11 is 0. The predicted molar refractivity (Wildman–Crippen MR) is 84.0 cm³/mol. The molecule has 0 radical (unpaired) electrons. The Morgan fingerprint density at radius 2 is 2.14 bits per heavy atom. The Morgan fingerprint density at radius 3 is 2.95 bits per heavy atom. The van der Waals surface area contributed by atoms with E-state index >= 15 is 0 Å². The summed E-state index contributed by atoms with van der Waals surface area (Å²) in [4.78, 5) is 12.3. The molecule has 0 saturated heterocycles. The third-order valence-corrected chi connectivity index (χ3v) is 3.72. The maximum Gasteiger partial charge on any atom is 0.259 e. The molecule has 0 atom stereocenters. The van der Waals surface area contributed by atoms with Gasteiger partial charge in [0.1, 0.15) is 5.75 Å². The van der Waals surface area contributed by atoms with Crippen molar-refractivity contribution in [2.24, 2.45) is 0 Å². The van der Waals surface area contributed by atoms with Crippen LogP contribution < -0.4 is 10.6 Å². The summed E-state index contributed by atoms with van der Waals surface area (Å²) in [7, 11) is 0.